The van der Waals surface area contributed by atoms with Crippen molar-refractivity contribution in [2.24, 2.45) is 0 Å². The van der Waals surface area contributed by atoms with Crippen LogP contribution in [0.1, 0.15) is 15.9 Å². The normalized spacial score (nSPS) is 11.3. The summed E-state index contributed by atoms with van der Waals surface area (Å²) in [6.45, 7) is 0. The van der Waals surface area contributed by atoms with Crippen LogP contribution in [0.3, 0.4) is 0 Å². The van der Waals surface area contributed by atoms with Gasteiger partial charge in [-0.15, -0.1) is 0 Å². The summed E-state index contributed by atoms with van der Waals surface area (Å²) < 4.78 is 26.1. The third-order valence-corrected chi connectivity index (χ3v) is 6.24. The van der Waals surface area contributed by atoms with Crippen LogP contribution < -0.4 is 0 Å². The van der Waals surface area contributed by atoms with Crippen LogP contribution >= 0.6 is 31.9 Å². The molecule has 0 aromatic heterocycles. The molecule has 0 aliphatic heterocycles. The number of carboxylic acid groups (broad SMARTS) is 1. The van der Waals surface area contributed by atoms with Gasteiger partial charge in [0.2, 0.25) is 0 Å². The predicted molar refractivity (Wildman–Crippen MR) is 86.1 cm³/mol. The van der Waals surface area contributed by atoms with E-state index in [1.807, 2.05) is 0 Å². The largest absolute Gasteiger partial charge is 0.478 e. The summed E-state index contributed by atoms with van der Waals surface area (Å²) in [7, 11) is -3.66. The van der Waals surface area contributed by atoms with Gasteiger partial charge in [-0.05, 0) is 45.8 Å². The number of aromatic carboxylic acids is 1. The number of hydrogen-bond acceptors (Lipinski definition) is 3. The second-order valence-corrected chi connectivity index (χ2v) is 7.97. The number of sulfone groups is 1. The van der Waals surface area contributed by atoms with Gasteiger partial charge in [-0.2, -0.15) is 0 Å². The van der Waals surface area contributed by atoms with Crippen LogP contribution in [0.15, 0.2) is 56.3 Å². The zero-order valence-corrected chi connectivity index (χ0v) is 14.6. The van der Waals surface area contributed by atoms with Gasteiger partial charge in [-0.25, -0.2) is 13.2 Å². The van der Waals surface area contributed by atoms with E-state index < -0.39 is 15.8 Å². The fourth-order valence-electron chi connectivity index (χ4n) is 1.77. The summed E-state index contributed by atoms with van der Waals surface area (Å²) in [6.07, 6.45) is 0. The number of hydrogen-bond donors (Lipinski definition) is 1. The monoisotopic (exact) mass is 432 g/mol. The van der Waals surface area contributed by atoms with E-state index in [-0.39, 0.29) is 16.2 Å². The average molecular weight is 434 g/mol. The Bertz CT molecular complexity index is 800. The predicted octanol–water partition coefficient (Wildman–Crippen LogP) is 3.88. The number of carboxylic acids is 1. The molecule has 1 N–H and O–H groups in total. The Morgan fingerprint density at radius 1 is 1.05 bits per heavy atom. The molecular formula is C14H10Br2O4S. The van der Waals surface area contributed by atoms with Crippen LogP contribution in [0, 0.1) is 0 Å². The van der Waals surface area contributed by atoms with Gasteiger partial charge >= 0.3 is 5.97 Å². The van der Waals surface area contributed by atoms with E-state index in [9.17, 15) is 13.2 Å². The first kappa shape index (κ1) is 16.2. The van der Waals surface area contributed by atoms with Crippen LogP contribution in [0.5, 0.6) is 0 Å². The number of halogens is 2. The fourth-order valence-corrected chi connectivity index (χ4v) is 4.86. The molecule has 2 aromatic carbocycles. The average Bonchev–Trinajstić information content (AvgIpc) is 2.41. The molecular weight excluding hydrogens is 424 g/mol. The summed E-state index contributed by atoms with van der Waals surface area (Å²) in [4.78, 5) is 11.0. The molecule has 0 saturated carbocycles. The van der Waals surface area contributed by atoms with E-state index in [2.05, 4.69) is 31.9 Å². The maximum Gasteiger partial charge on any atom is 0.335 e. The Kier molecular flexibility index (Phi) is 4.85. The number of rotatable bonds is 4. The minimum absolute atomic E-state index is 0.0295. The molecule has 0 aliphatic rings. The molecule has 0 amide bonds. The van der Waals surface area contributed by atoms with Crippen molar-refractivity contribution < 1.29 is 18.3 Å². The summed E-state index contributed by atoms with van der Waals surface area (Å²) in [5.41, 5.74) is 0.550. The molecule has 2 aromatic rings. The molecule has 7 heteroatoms. The highest BCUT2D eigenvalue weighted by atomic mass is 79.9. The van der Waals surface area contributed by atoms with E-state index in [1.54, 1.807) is 24.3 Å². The van der Waals surface area contributed by atoms with Crippen molar-refractivity contribution in [2.45, 2.75) is 10.6 Å². The van der Waals surface area contributed by atoms with Gasteiger partial charge in [0.1, 0.15) is 0 Å². The summed E-state index contributed by atoms with van der Waals surface area (Å²) in [5, 5.41) is 8.98. The maximum atomic E-state index is 12.5. The minimum atomic E-state index is -3.66. The number of carbonyl (C=O) groups is 1. The van der Waals surface area contributed by atoms with Crippen molar-refractivity contribution in [2.75, 3.05) is 0 Å². The van der Waals surface area contributed by atoms with Crippen molar-refractivity contribution >= 4 is 47.7 Å². The highest BCUT2D eigenvalue weighted by molar-refractivity contribution is 9.10. The van der Waals surface area contributed by atoms with Crippen LogP contribution in [0.25, 0.3) is 0 Å². The van der Waals surface area contributed by atoms with Crippen LogP contribution in [0.4, 0.5) is 0 Å². The molecule has 0 heterocycles. The Morgan fingerprint density at radius 3 is 2.33 bits per heavy atom. The number of benzene rings is 2. The zero-order chi connectivity index (χ0) is 15.6. The van der Waals surface area contributed by atoms with Crippen LogP contribution in [0.2, 0.25) is 0 Å². The summed E-state index contributed by atoms with van der Waals surface area (Å²) >= 11 is 6.47. The maximum absolute atomic E-state index is 12.5. The molecule has 0 fully saturated rings. The van der Waals surface area contributed by atoms with E-state index in [1.165, 1.54) is 18.2 Å². The van der Waals surface area contributed by atoms with E-state index in [4.69, 9.17) is 5.11 Å². The Labute approximate surface area is 139 Å². The molecule has 110 valence electrons. The molecule has 0 atom stereocenters. The first-order valence-electron chi connectivity index (χ1n) is 5.80. The van der Waals surface area contributed by atoms with E-state index in [0.29, 0.717) is 14.5 Å². The van der Waals surface area contributed by atoms with Crippen molar-refractivity contribution in [3.05, 3.63) is 62.5 Å². The molecule has 0 bridgehead atoms. The third kappa shape index (κ3) is 3.72. The Hall–Kier alpha value is -1.18. The smallest absolute Gasteiger partial charge is 0.335 e. The molecule has 0 spiro atoms. The lowest BCUT2D eigenvalue weighted by Crippen LogP contribution is -2.08. The highest BCUT2D eigenvalue weighted by Gasteiger charge is 2.21. The van der Waals surface area contributed by atoms with Crippen LogP contribution in [-0.2, 0) is 15.6 Å². The van der Waals surface area contributed by atoms with Gasteiger partial charge in [-0.3, -0.25) is 0 Å². The van der Waals surface area contributed by atoms with Gasteiger partial charge in [0, 0.05) is 8.95 Å². The topological polar surface area (TPSA) is 71.4 Å². The Morgan fingerprint density at radius 2 is 1.71 bits per heavy atom. The lowest BCUT2D eigenvalue weighted by Gasteiger charge is -2.09. The summed E-state index contributed by atoms with van der Waals surface area (Å²) in [5.74, 6) is -1.38. The van der Waals surface area contributed by atoms with E-state index in [0.717, 1.165) is 0 Å². The highest BCUT2D eigenvalue weighted by Crippen LogP contribution is 2.28. The second kappa shape index (κ2) is 6.29. The minimum Gasteiger partial charge on any atom is -0.478 e. The lowest BCUT2D eigenvalue weighted by atomic mass is 10.2. The van der Waals surface area contributed by atoms with Crippen molar-refractivity contribution in [1.29, 1.82) is 0 Å². The second-order valence-electron chi connectivity index (χ2n) is 4.30. The molecule has 4 nitrogen and oxygen atoms in total. The molecule has 2 rings (SSSR count). The van der Waals surface area contributed by atoms with Gasteiger partial charge in [0.05, 0.1) is 16.2 Å². The van der Waals surface area contributed by atoms with Gasteiger partial charge in [0.15, 0.2) is 9.84 Å². The first-order chi connectivity index (χ1) is 9.81. The van der Waals surface area contributed by atoms with Crippen molar-refractivity contribution in [3.8, 4) is 0 Å². The standard InChI is InChI=1S/C14H10Br2O4S/c15-11-4-2-1-3-10(11)8-21(19,20)13-7-9(14(17)18)5-6-12(13)16/h1-7H,8H2,(H,17,18). The fraction of sp³-hybridized carbons (Fsp3) is 0.0714. The van der Waals surface area contributed by atoms with Gasteiger partial charge in [-0.1, -0.05) is 34.1 Å². The van der Waals surface area contributed by atoms with Crippen molar-refractivity contribution in [3.63, 3.8) is 0 Å². The zero-order valence-electron chi connectivity index (χ0n) is 10.6. The Balaban J connectivity index is 2.47. The van der Waals surface area contributed by atoms with Crippen LogP contribution in [-0.4, -0.2) is 19.5 Å². The molecule has 0 aliphatic carbocycles. The SMILES string of the molecule is O=C(O)c1ccc(Br)c(S(=O)(=O)Cc2ccccc2Br)c1. The molecule has 0 saturated heterocycles. The first-order valence-corrected chi connectivity index (χ1v) is 9.04. The van der Waals surface area contributed by atoms with Crippen molar-refractivity contribution in [1.82, 2.24) is 0 Å². The lowest BCUT2D eigenvalue weighted by molar-refractivity contribution is 0.0696. The summed E-state index contributed by atoms with van der Waals surface area (Å²) in [6, 6.07) is 10.9. The van der Waals surface area contributed by atoms with Gasteiger partial charge in [0.25, 0.3) is 0 Å². The molecule has 0 radical (unpaired) electrons. The van der Waals surface area contributed by atoms with Gasteiger partial charge < -0.3 is 5.11 Å². The van der Waals surface area contributed by atoms with E-state index >= 15 is 0 Å². The molecule has 0 unspecified atom stereocenters. The quantitative estimate of drug-likeness (QED) is 0.793. The molecule has 21 heavy (non-hydrogen) atoms. The third-order valence-electron chi connectivity index (χ3n) is 2.82.